The van der Waals surface area contributed by atoms with Crippen LogP contribution in [0.2, 0.25) is 0 Å². The van der Waals surface area contributed by atoms with Crippen LogP contribution in [0.1, 0.15) is 30.6 Å². The topological polar surface area (TPSA) is 26.3 Å². The third kappa shape index (κ3) is 3.47. The second-order valence-electron chi connectivity index (χ2n) is 4.04. The third-order valence-electron chi connectivity index (χ3n) is 2.18. The Morgan fingerprint density at radius 3 is 2.47 bits per heavy atom. The molecule has 0 fully saturated rings. The predicted octanol–water partition coefficient (Wildman–Crippen LogP) is 3.31. The van der Waals surface area contributed by atoms with Crippen LogP contribution < -0.4 is 0 Å². The number of carbonyl (C=O) groups is 1. The van der Waals surface area contributed by atoms with Crippen LogP contribution in [0, 0.1) is 23.4 Å². The highest BCUT2D eigenvalue weighted by Crippen LogP contribution is 2.16. The summed E-state index contributed by atoms with van der Waals surface area (Å²) in [4.78, 5) is 11.4. The van der Waals surface area contributed by atoms with Crippen molar-refractivity contribution in [2.24, 2.45) is 5.92 Å². The van der Waals surface area contributed by atoms with E-state index in [0.29, 0.717) is 18.4 Å². The van der Waals surface area contributed by atoms with E-state index in [1.165, 1.54) is 0 Å². The van der Waals surface area contributed by atoms with Crippen molar-refractivity contribution >= 4 is 5.97 Å². The number of carbonyl (C=O) groups excluding carboxylic acids is 1. The number of hydrogen-bond donors (Lipinski definition) is 0. The zero-order valence-electron chi connectivity index (χ0n) is 9.60. The molecular weight excluding hydrogens is 233 g/mol. The lowest BCUT2D eigenvalue weighted by molar-refractivity contribution is 0.0481. The van der Waals surface area contributed by atoms with E-state index in [0.717, 1.165) is 6.07 Å². The van der Waals surface area contributed by atoms with Gasteiger partial charge in [-0.3, -0.25) is 0 Å². The molecule has 0 radical (unpaired) electrons. The maximum Gasteiger partial charge on any atom is 0.341 e. The Labute approximate surface area is 97.4 Å². The van der Waals surface area contributed by atoms with Gasteiger partial charge in [-0.2, -0.15) is 0 Å². The first-order valence-corrected chi connectivity index (χ1v) is 5.24. The number of rotatable bonds is 4. The van der Waals surface area contributed by atoms with Gasteiger partial charge in [-0.05, 0) is 24.5 Å². The zero-order chi connectivity index (χ0) is 13.0. The highest BCUT2D eigenvalue weighted by molar-refractivity contribution is 5.89. The summed E-state index contributed by atoms with van der Waals surface area (Å²) in [6.07, 6.45) is 0.622. The fraction of sp³-hybridized carbons (Fsp3) is 0.417. The molecule has 0 spiro atoms. The molecular formula is C12H13F3O2. The summed E-state index contributed by atoms with van der Waals surface area (Å²) < 4.78 is 43.4. The molecule has 0 unspecified atom stereocenters. The second kappa shape index (κ2) is 5.70. The van der Waals surface area contributed by atoms with E-state index < -0.39 is 29.0 Å². The van der Waals surface area contributed by atoms with Crippen LogP contribution in [-0.2, 0) is 4.74 Å². The van der Waals surface area contributed by atoms with Gasteiger partial charge < -0.3 is 4.74 Å². The summed E-state index contributed by atoms with van der Waals surface area (Å²) in [6, 6.07) is 1.56. The Kier molecular flexibility index (Phi) is 4.54. The number of hydrogen-bond acceptors (Lipinski definition) is 2. The van der Waals surface area contributed by atoms with E-state index in [-0.39, 0.29) is 6.61 Å². The van der Waals surface area contributed by atoms with Crippen molar-refractivity contribution < 1.29 is 22.7 Å². The van der Waals surface area contributed by atoms with Gasteiger partial charge in [-0.1, -0.05) is 13.8 Å². The molecule has 0 aliphatic carbocycles. The minimum atomic E-state index is -1.66. The average Bonchev–Trinajstić information content (AvgIpc) is 2.25. The molecule has 0 amide bonds. The van der Waals surface area contributed by atoms with Crippen LogP contribution in [0.25, 0.3) is 0 Å². The normalized spacial score (nSPS) is 10.7. The molecule has 0 saturated carbocycles. The Hall–Kier alpha value is -1.52. The van der Waals surface area contributed by atoms with Gasteiger partial charge in [0.05, 0.1) is 12.2 Å². The molecule has 0 atom stereocenters. The smallest absolute Gasteiger partial charge is 0.341 e. The fourth-order valence-electron chi connectivity index (χ4n) is 1.15. The van der Waals surface area contributed by atoms with Gasteiger partial charge >= 0.3 is 5.97 Å². The number of halogens is 3. The molecule has 0 N–H and O–H groups in total. The molecule has 1 aromatic carbocycles. The summed E-state index contributed by atoms with van der Waals surface area (Å²) in [5.41, 5.74) is -0.590. The highest BCUT2D eigenvalue weighted by atomic mass is 19.2. The van der Waals surface area contributed by atoms with Crippen LogP contribution in [0.5, 0.6) is 0 Å². The Morgan fingerprint density at radius 2 is 1.88 bits per heavy atom. The van der Waals surface area contributed by atoms with E-state index in [1.54, 1.807) is 0 Å². The average molecular weight is 246 g/mol. The maximum absolute atomic E-state index is 13.2. The fourth-order valence-corrected chi connectivity index (χ4v) is 1.15. The van der Waals surface area contributed by atoms with Gasteiger partial charge in [0.15, 0.2) is 17.5 Å². The quantitative estimate of drug-likeness (QED) is 0.601. The van der Waals surface area contributed by atoms with E-state index in [2.05, 4.69) is 0 Å². The molecule has 17 heavy (non-hydrogen) atoms. The zero-order valence-corrected chi connectivity index (χ0v) is 9.60. The number of esters is 1. The lowest BCUT2D eigenvalue weighted by Crippen LogP contribution is -2.11. The van der Waals surface area contributed by atoms with Crippen molar-refractivity contribution in [2.75, 3.05) is 6.61 Å². The lowest BCUT2D eigenvalue weighted by Gasteiger charge is -2.07. The third-order valence-corrected chi connectivity index (χ3v) is 2.18. The van der Waals surface area contributed by atoms with Gasteiger partial charge in [0.25, 0.3) is 0 Å². The first-order valence-electron chi connectivity index (χ1n) is 5.24. The lowest BCUT2D eigenvalue weighted by atomic mass is 10.1. The summed E-state index contributed by atoms with van der Waals surface area (Å²) >= 11 is 0. The standard InChI is InChI=1S/C12H13F3O2/c1-7(2)5-6-17-12(16)8-3-4-9(13)11(15)10(8)14/h3-4,7H,5-6H2,1-2H3. The van der Waals surface area contributed by atoms with Gasteiger partial charge in [0, 0.05) is 0 Å². The first kappa shape index (κ1) is 13.5. The summed E-state index contributed by atoms with van der Waals surface area (Å²) in [5, 5.41) is 0. The van der Waals surface area contributed by atoms with Crippen LogP contribution in [0.15, 0.2) is 12.1 Å². The van der Waals surface area contributed by atoms with Crippen molar-refractivity contribution in [1.29, 1.82) is 0 Å². The van der Waals surface area contributed by atoms with Gasteiger partial charge in [-0.15, -0.1) is 0 Å². The molecule has 0 aliphatic rings. The minimum absolute atomic E-state index is 0.120. The number of ether oxygens (including phenoxy) is 1. The molecule has 0 aromatic heterocycles. The second-order valence-corrected chi connectivity index (χ2v) is 4.04. The van der Waals surface area contributed by atoms with Gasteiger partial charge in [0.2, 0.25) is 0 Å². The van der Waals surface area contributed by atoms with Crippen molar-refractivity contribution in [3.63, 3.8) is 0 Å². The Morgan fingerprint density at radius 1 is 1.24 bits per heavy atom. The monoisotopic (exact) mass is 246 g/mol. The predicted molar refractivity (Wildman–Crippen MR) is 56.1 cm³/mol. The van der Waals surface area contributed by atoms with Crippen LogP contribution in [0.3, 0.4) is 0 Å². The summed E-state index contributed by atoms with van der Waals surface area (Å²) in [6.45, 7) is 3.99. The molecule has 0 bridgehead atoms. The number of benzene rings is 1. The van der Waals surface area contributed by atoms with Crippen molar-refractivity contribution in [1.82, 2.24) is 0 Å². The summed E-state index contributed by atoms with van der Waals surface area (Å²) in [7, 11) is 0. The van der Waals surface area contributed by atoms with Crippen molar-refractivity contribution in [3.8, 4) is 0 Å². The van der Waals surface area contributed by atoms with E-state index in [9.17, 15) is 18.0 Å². The van der Waals surface area contributed by atoms with E-state index >= 15 is 0 Å². The Bertz CT molecular complexity index is 416. The maximum atomic E-state index is 13.2. The van der Waals surface area contributed by atoms with Gasteiger partial charge in [0.1, 0.15) is 0 Å². The van der Waals surface area contributed by atoms with Crippen molar-refractivity contribution in [3.05, 3.63) is 35.1 Å². The largest absolute Gasteiger partial charge is 0.462 e. The van der Waals surface area contributed by atoms with E-state index in [4.69, 9.17) is 4.74 Å². The molecule has 2 nitrogen and oxygen atoms in total. The van der Waals surface area contributed by atoms with Crippen LogP contribution in [-0.4, -0.2) is 12.6 Å². The summed E-state index contributed by atoms with van der Waals surface area (Å²) in [5.74, 6) is -5.16. The molecule has 0 saturated heterocycles. The minimum Gasteiger partial charge on any atom is -0.462 e. The van der Waals surface area contributed by atoms with Crippen LogP contribution >= 0.6 is 0 Å². The van der Waals surface area contributed by atoms with E-state index in [1.807, 2.05) is 13.8 Å². The molecule has 5 heteroatoms. The molecule has 0 aliphatic heterocycles. The Balaban J connectivity index is 2.73. The highest BCUT2D eigenvalue weighted by Gasteiger charge is 2.19. The SMILES string of the molecule is CC(C)CCOC(=O)c1ccc(F)c(F)c1F. The van der Waals surface area contributed by atoms with Crippen molar-refractivity contribution in [2.45, 2.75) is 20.3 Å². The molecule has 0 heterocycles. The van der Waals surface area contributed by atoms with Gasteiger partial charge in [-0.25, -0.2) is 18.0 Å². The molecule has 94 valence electrons. The molecule has 1 rings (SSSR count). The first-order chi connectivity index (χ1) is 7.93. The molecule has 1 aromatic rings. The van der Waals surface area contributed by atoms with Crippen LogP contribution in [0.4, 0.5) is 13.2 Å².